The molecule has 0 atom stereocenters. The minimum absolute atomic E-state index is 0.0955. The van der Waals surface area contributed by atoms with Crippen molar-refractivity contribution in [1.29, 1.82) is 0 Å². The lowest BCUT2D eigenvalue weighted by molar-refractivity contribution is 0.979. The second-order valence-corrected chi connectivity index (χ2v) is 6.56. The quantitative estimate of drug-likeness (QED) is 0.474. The summed E-state index contributed by atoms with van der Waals surface area (Å²) < 4.78 is 0.867. The Morgan fingerprint density at radius 3 is 2.71 bits per heavy atom. The highest BCUT2D eigenvalue weighted by molar-refractivity contribution is 9.10. The predicted octanol–water partition coefficient (Wildman–Crippen LogP) is 3.34. The number of fused-ring (bicyclic) bond motifs is 3. The van der Waals surface area contributed by atoms with Gasteiger partial charge in [-0.2, -0.15) is 5.10 Å². The zero-order valence-corrected chi connectivity index (χ0v) is 14.4. The monoisotopic (exact) mass is 382 g/mol. The molecule has 0 amide bonds. The van der Waals surface area contributed by atoms with Crippen molar-refractivity contribution in [3.05, 3.63) is 63.2 Å². The first-order valence-corrected chi connectivity index (χ1v) is 8.44. The molecule has 0 bridgehead atoms. The molecule has 2 aromatic heterocycles. The second-order valence-electron chi connectivity index (χ2n) is 5.71. The third-order valence-electron chi connectivity index (χ3n) is 4.28. The number of hydrogen-bond donors (Lipinski definition) is 3. The van der Waals surface area contributed by atoms with Crippen molar-refractivity contribution < 1.29 is 0 Å². The molecule has 0 fully saturated rings. The molecular formula is C18H15BrN4O. The van der Waals surface area contributed by atoms with Crippen molar-refractivity contribution >= 4 is 37.5 Å². The van der Waals surface area contributed by atoms with Crippen LogP contribution in [0.25, 0.3) is 32.7 Å². The van der Waals surface area contributed by atoms with Crippen LogP contribution in [0.2, 0.25) is 0 Å². The lowest BCUT2D eigenvalue weighted by Gasteiger charge is -2.12. The number of aromatic amines is 2. The molecule has 4 aromatic rings. The zero-order valence-electron chi connectivity index (χ0n) is 12.8. The van der Waals surface area contributed by atoms with Gasteiger partial charge in [0.25, 0.3) is 5.56 Å². The Kier molecular flexibility index (Phi) is 3.70. The molecule has 0 aliphatic heterocycles. The van der Waals surface area contributed by atoms with E-state index in [0.29, 0.717) is 11.9 Å². The first-order chi connectivity index (χ1) is 11.7. The van der Waals surface area contributed by atoms with E-state index in [2.05, 4.69) is 43.2 Å². The van der Waals surface area contributed by atoms with Crippen molar-refractivity contribution in [1.82, 2.24) is 15.2 Å². The standard InChI is InChI=1S/C18H15BrN4O/c19-16-9-21-18(24)17-14-5-10(12-7-22-23-8-12)1-2-13(14)11(3-4-20)6-15(16)17/h1-2,5-9H,3-4,20H2,(H,21,24)(H,22,23). The number of benzene rings is 2. The van der Waals surface area contributed by atoms with E-state index in [1.54, 1.807) is 12.4 Å². The summed E-state index contributed by atoms with van der Waals surface area (Å²) >= 11 is 3.54. The van der Waals surface area contributed by atoms with Crippen molar-refractivity contribution in [2.45, 2.75) is 6.42 Å². The average molecular weight is 383 g/mol. The van der Waals surface area contributed by atoms with Crippen molar-refractivity contribution in [2.75, 3.05) is 6.54 Å². The Balaban J connectivity index is 2.16. The summed E-state index contributed by atoms with van der Waals surface area (Å²) in [7, 11) is 0. The van der Waals surface area contributed by atoms with Gasteiger partial charge in [0.1, 0.15) is 0 Å². The van der Waals surface area contributed by atoms with Gasteiger partial charge in [-0.25, -0.2) is 0 Å². The summed E-state index contributed by atoms with van der Waals surface area (Å²) in [4.78, 5) is 15.3. The molecular weight excluding hydrogens is 368 g/mol. The normalized spacial score (nSPS) is 11.4. The van der Waals surface area contributed by atoms with Crippen LogP contribution in [0.15, 0.2) is 52.1 Å². The van der Waals surface area contributed by atoms with Gasteiger partial charge in [0.15, 0.2) is 0 Å². The van der Waals surface area contributed by atoms with Crippen LogP contribution in [0.4, 0.5) is 0 Å². The Hall–Kier alpha value is -2.44. The van der Waals surface area contributed by atoms with E-state index in [4.69, 9.17) is 5.73 Å². The van der Waals surface area contributed by atoms with Crippen molar-refractivity contribution in [2.24, 2.45) is 5.73 Å². The van der Waals surface area contributed by atoms with Crippen LogP contribution in [0.1, 0.15) is 5.56 Å². The maximum Gasteiger partial charge on any atom is 0.256 e. The summed E-state index contributed by atoms with van der Waals surface area (Å²) in [5, 5.41) is 10.4. The molecule has 0 aliphatic carbocycles. The molecule has 0 radical (unpaired) electrons. The molecule has 0 saturated carbocycles. The van der Waals surface area contributed by atoms with Crippen LogP contribution in [-0.2, 0) is 6.42 Å². The van der Waals surface area contributed by atoms with Crippen LogP contribution in [0.5, 0.6) is 0 Å². The van der Waals surface area contributed by atoms with E-state index < -0.39 is 0 Å². The Bertz CT molecular complexity index is 1100. The summed E-state index contributed by atoms with van der Waals surface area (Å²) in [6.07, 6.45) is 6.06. The summed E-state index contributed by atoms with van der Waals surface area (Å²) in [6.45, 7) is 0.560. The van der Waals surface area contributed by atoms with Crippen LogP contribution < -0.4 is 11.3 Å². The number of H-pyrrole nitrogens is 2. The molecule has 24 heavy (non-hydrogen) atoms. The van der Waals surface area contributed by atoms with Crippen molar-refractivity contribution in [3.8, 4) is 11.1 Å². The van der Waals surface area contributed by atoms with E-state index in [0.717, 1.165) is 43.7 Å². The molecule has 120 valence electrons. The molecule has 0 spiro atoms. The predicted molar refractivity (Wildman–Crippen MR) is 100 cm³/mol. The fourth-order valence-corrected chi connectivity index (χ4v) is 3.59. The van der Waals surface area contributed by atoms with E-state index in [1.807, 2.05) is 18.3 Å². The second kappa shape index (κ2) is 5.89. The SMILES string of the molecule is NCCc1cc2c(Br)c[nH]c(=O)c2c2cc(-c3cn[nH]c3)ccc12. The average Bonchev–Trinajstić information content (AvgIpc) is 3.12. The molecule has 4 N–H and O–H groups in total. The first kappa shape index (κ1) is 15.1. The highest BCUT2D eigenvalue weighted by Crippen LogP contribution is 2.33. The molecule has 2 heterocycles. The molecule has 0 aliphatic rings. The summed E-state index contributed by atoms with van der Waals surface area (Å²) in [6, 6.07) is 8.21. The fourth-order valence-electron chi connectivity index (χ4n) is 3.16. The maximum absolute atomic E-state index is 12.5. The Labute approximate surface area is 146 Å². The molecule has 2 aromatic carbocycles. The number of aromatic nitrogens is 3. The van der Waals surface area contributed by atoms with Gasteiger partial charge in [-0.1, -0.05) is 12.1 Å². The molecule has 0 unspecified atom stereocenters. The largest absolute Gasteiger partial charge is 0.330 e. The van der Waals surface area contributed by atoms with Crippen LogP contribution >= 0.6 is 15.9 Å². The van der Waals surface area contributed by atoms with E-state index in [1.165, 1.54) is 0 Å². The molecule has 6 heteroatoms. The minimum Gasteiger partial charge on any atom is -0.330 e. The topological polar surface area (TPSA) is 87.6 Å². The number of hydrogen-bond acceptors (Lipinski definition) is 3. The van der Waals surface area contributed by atoms with Gasteiger partial charge < -0.3 is 10.7 Å². The smallest absolute Gasteiger partial charge is 0.256 e. The maximum atomic E-state index is 12.5. The van der Waals surface area contributed by atoms with Gasteiger partial charge in [0.05, 0.1) is 11.6 Å². The Morgan fingerprint density at radius 1 is 1.08 bits per heavy atom. The first-order valence-electron chi connectivity index (χ1n) is 7.65. The fraction of sp³-hybridized carbons (Fsp3) is 0.111. The third kappa shape index (κ3) is 2.35. The van der Waals surface area contributed by atoms with E-state index >= 15 is 0 Å². The van der Waals surface area contributed by atoms with Gasteiger partial charge in [-0.3, -0.25) is 9.89 Å². The number of nitrogens with one attached hydrogen (secondary N) is 2. The lowest BCUT2D eigenvalue weighted by Crippen LogP contribution is -2.08. The van der Waals surface area contributed by atoms with Crippen LogP contribution in [-0.4, -0.2) is 21.7 Å². The van der Waals surface area contributed by atoms with Gasteiger partial charge >= 0.3 is 0 Å². The van der Waals surface area contributed by atoms with Gasteiger partial charge in [0, 0.05) is 27.8 Å². The van der Waals surface area contributed by atoms with Crippen molar-refractivity contribution in [3.63, 3.8) is 0 Å². The number of pyridine rings is 1. The summed E-state index contributed by atoms with van der Waals surface area (Å²) in [5.74, 6) is 0. The zero-order chi connectivity index (χ0) is 16.7. The number of nitrogens with two attached hydrogens (primary N) is 1. The summed E-state index contributed by atoms with van der Waals surface area (Å²) in [5.41, 5.74) is 8.83. The third-order valence-corrected chi connectivity index (χ3v) is 4.94. The van der Waals surface area contributed by atoms with E-state index in [-0.39, 0.29) is 5.56 Å². The van der Waals surface area contributed by atoms with Crippen LogP contribution in [0, 0.1) is 0 Å². The Morgan fingerprint density at radius 2 is 1.96 bits per heavy atom. The van der Waals surface area contributed by atoms with Gasteiger partial charge in [-0.15, -0.1) is 0 Å². The lowest BCUT2D eigenvalue weighted by atomic mass is 9.94. The van der Waals surface area contributed by atoms with E-state index in [9.17, 15) is 4.79 Å². The van der Waals surface area contributed by atoms with Gasteiger partial charge in [-0.05, 0) is 62.9 Å². The minimum atomic E-state index is -0.0955. The molecule has 4 rings (SSSR count). The van der Waals surface area contributed by atoms with Crippen LogP contribution in [0.3, 0.4) is 0 Å². The molecule has 5 nitrogen and oxygen atoms in total. The number of halogens is 1. The highest BCUT2D eigenvalue weighted by atomic mass is 79.9. The molecule has 0 saturated heterocycles. The highest BCUT2D eigenvalue weighted by Gasteiger charge is 2.13. The van der Waals surface area contributed by atoms with Gasteiger partial charge in [0.2, 0.25) is 0 Å². The number of rotatable bonds is 3. The number of nitrogens with zero attached hydrogens (tertiary/aromatic N) is 1.